The van der Waals surface area contributed by atoms with E-state index in [0.717, 1.165) is 22.2 Å². The fourth-order valence-electron chi connectivity index (χ4n) is 1.98. The second kappa shape index (κ2) is 4.94. The van der Waals surface area contributed by atoms with Gasteiger partial charge in [0.1, 0.15) is 5.76 Å². The van der Waals surface area contributed by atoms with Crippen molar-refractivity contribution in [1.29, 1.82) is 0 Å². The Morgan fingerprint density at radius 3 is 2.63 bits per heavy atom. The number of aromatic nitrogens is 1. The lowest BCUT2D eigenvalue weighted by atomic mass is 10.2. The Hall–Kier alpha value is -2.61. The second-order valence-electron chi connectivity index (χ2n) is 4.32. The summed E-state index contributed by atoms with van der Waals surface area (Å²) in [4.78, 5) is 4.52. The van der Waals surface area contributed by atoms with Crippen LogP contribution in [0.3, 0.4) is 0 Å². The summed E-state index contributed by atoms with van der Waals surface area (Å²) in [6, 6.07) is 11.9. The van der Waals surface area contributed by atoms with E-state index >= 15 is 0 Å². The number of aliphatic hydroxyl groups is 1. The summed E-state index contributed by atoms with van der Waals surface area (Å²) >= 11 is 0. The van der Waals surface area contributed by atoms with Crippen molar-refractivity contribution in [2.75, 3.05) is 0 Å². The van der Waals surface area contributed by atoms with E-state index in [0.29, 0.717) is 0 Å². The number of rotatable bonds is 2. The van der Waals surface area contributed by atoms with Crippen molar-refractivity contribution in [2.45, 2.75) is 0 Å². The highest BCUT2D eigenvalue weighted by atomic mass is 16.3. The molecule has 1 aliphatic carbocycles. The Morgan fingerprint density at radius 2 is 1.79 bits per heavy atom. The number of benzene rings is 1. The number of nitrogens with zero attached hydrogens (tertiary/aromatic N) is 1. The summed E-state index contributed by atoms with van der Waals surface area (Å²) in [5.74, 6) is 0.250. The number of allylic oxidation sites excluding steroid dienone is 6. The Morgan fingerprint density at radius 1 is 1.00 bits per heavy atom. The van der Waals surface area contributed by atoms with Crippen LogP contribution in [0.15, 0.2) is 78.1 Å². The van der Waals surface area contributed by atoms with Crippen LogP contribution in [0.25, 0.3) is 17.0 Å². The van der Waals surface area contributed by atoms with Crippen molar-refractivity contribution in [3.05, 3.63) is 83.8 Å². The Kier molecular flexibility index (Phi) is 2.99. The van der Waals surface area contributed by atoms with Crippen LogP contribution >= 0.6 is 0 Å². The van der Waals surface area contributed by atoms with Crippen LogP contribution in [0, 0.1) is 0 Å². The zero-order chi connectivity index (χ0) is 13.1. The molecule has 0 radical (unpaired) electrons. The highest BCUT2D eigenvalue weighted by Crippen LogP contribution is 2.15. The van der Waals surface area contributed by atoms with Gasteiger partial charge < -0.3 is 5.11 Å². The third-order valence-corrected chi connectivity index (χ3v) is 2.99. The Bertz CT molecular complexity index is 722. The predicted molar refractivity (Wildman–Crippen MR) is 78.7 cm³/mol. The van der Waals surface area contributed by atoms with Gasteiger partial charge in [-0.25, -0.2) is 4.98 Å². The van der Waals surface area contributed by atoms with Crippen LogP contribution in [0.2, 0.25) is 0 Å². The van der Waals surface area contributed by atoms with E-state index < -0.39 is 0 Å². The van der Waals surface area contributed by atoms with Gasteiger partial charge in [-0.3, -0.25) is 0 Å². The van der Waals surface area contributed by atoms with Crippen molar-refractivity contribution in [3.63, 3.8) is 0 Å². The molecule has 0 aliphatic heterocycles. The zero-order valence-corrected chi connectivity index (χ0v) is 10.3. The summed E-state index contributed by atoms with van der Waals surface area (Å²) in [6.45, 7) is 0. The molecule has 19 heavy (non-hydrogen) atoms. The van der Waals surface area contributed by atoms with Gasteiger partial charge >= 0.3 is 0 Å². The molecular formula is C17H13NO. The lowest BCUT2D eigenvalue weighted by Gasteiger charge is -1.99. The molecule has 0 unspecified atom stereocenters. The van der Waals surface area contributed by atoms with Crippen LogP contribution in [0.4, 0.5) is 0 Å². The minimum atomic E-state index is 0.250. The first kappa shape index (κ1) is 11.5. The second-order valence-corrected chi connectivity index (χ2v) is 4.32. The first-order valence-electron chi connectivity index (χ1n) is 6.15. The Labute approximate surface area is 111 Å². The minimum Gasteiger partial charge on any atom is -0.507 e. The molecule has 2 aromatic rings. The van der Waals surface area contributed by atoms with Gasteiger partial charge in [0, 0.05) is 11.0 Å². The molecule has 1 N–H and O–H groups in total. The van der Waals surface area contributed by atoms with E-state index in [1.165, 1.54) is 0 Å². The molecule has 3 rings (SSSR count). The molecule has 0 spiro atoms. The normalized spacial score (nSPS) is 13.8. The van der Waals surface area contributed by atoms with Crippen LogP contribution in [0.5, 0.6) is 0 Å². The zero-order valence-electron chi connectivity index (χ0n) is 10.3. The molecule has 92 valence electrons. The molecule has 1 aliphatic rings. The maximum Gasteiger partial charge on any atom is 0.122 e. The molecule has 1 aromatic carbocycles. The lowest BCUT2D eigenvalue weighted by molar-refractivity contribution is 0.430. The van der Waals surface area contributed by atoms with Gasteiger partial charge in [-0.1, -0.05) is 48.6 Å². The van der Waals surface area contributed by atoms with Crippen molar-refractivity contribution >= 4 is 17.0 Å². The fraction of sp³-hybridized carbons (Fsp3) is 0. The summed E-state index contributed by atoms with van der Waals surface area (Å²) in [5, 5.41) is 11.0. The van der Waals surface area contributed by atoms with E-state index in [4.69, 9.17) is 0 Å². The molecule has 1 aromatic heterocycles. The number of aliphatic hydroxyl groups excluding tert-OH is 1. The number of hydrogen-bond donors (Lipinski definition) is 1. The number of hydrogen-bond acceptors (Lipinski definition) is 2. The average molecular weight is 247 g/mol. The molecule has 0 amide bonds. The Balaban J connectivity index is 1.91. The maximum atomic E-state index is 9.89. The standard InChI is InChI=1S/C17H13NO/c19-17(14-6-1-2-7-14)12-11-15-10-9-13-5-3-4-8-16(13)18-15/h1-12,19H/b12-11+. The van der Waals surface area contributed by atoms with Gasteiger partial charge in [0.2, 0.25) is 0 Å². The summed E-state index contributed by atoms with van der Waals surface area (Å²) in [5.41, 5.74) is 2.60. The molecule has 0 atom stereocenters. The van der Waals surface area contributed by atoms with E-state index in [9.17, 15) is 5.11 Å². The smallest absolute Gasteiger partial charge is 0.122 e. The fourth-order valence-corrected chi connectivity index (χ4v) is 1.98. The summed E-state index contributed by atoms with van der Waals surface area (Å²) in [7, 11) is 0. The monoisotopic (exact) mass is 247 g/mol. The molecule has 0 saturated carbocycles. The highest BCUT2D eigenvalue weighted by Gasteiger charge is 1.99. The van der Waals surface area contributed by atoms with Crippen molar-refractivity contribution in [1.82, 2.24) is 4.98 Å². The minimum absolute atomic E-state index is 0.250. The quantitative estimate of drug-likeness (QED) is 0.807. The number of fused-ring (bicyclic) bond motifs is 1. The van der Waals surface area contributed by atoms with Crippen molar-refractivity contribution < 1.29 is 5.11 Å². The number of para-hydroxylation sites is 1. The maximum absolute atomic E-state index is 9.89. The van der Waals surface area contributed by atoms with Crippen molar-refractivity contribution in [3.8, 4) is 0 Å². The summed E-state index contributed by atoms with van der Waals surface area (Å²) < 4.78 is 0. The molecular weight excluding hydrogens is 234 g/mol. The van der Waals surface area contributed by atoms with Gasteiger partial charge in [-0.15, -0.1) is 0 Å². The molecule has 2 nitrogen and oxygen atoms in total. The van der Waals surface area contributed by atoms with Gasteiger partial charge in [0.15, 0.2) is 0 Å². The third-order valence-electron chi connectivity index (χ3n) is 2.99. The molecule has 0 bridgehead atoms. The molecule has 1 heterocycles. The third kappa shape index (κ3) is 2.47. The lowest BCUT2D eigenvalue weighted by Crippen LogP contribution is -1.84. The van der Waals surface area contributed by atoms with E-state index in [1.54, 1.807) is 6.08 Å². The van der Waals surface area contributed by atoms with E-state index in [2.05, 4.69) is 4.98 Å². The number of pyridine rings is 1. The molecule has 2 heteroatoms. The van der Waals surface area contributed by atoms with E-state index in [-0.39, 0.29) is 5.76 Å². The van der Waals surface area contributed by atoms with E-state index in [1.807, 2.05) is 66.8 Å². The van der Waals surface area contributed by atoms with Crippen LogP contribution in [0.1, 0.15) is 5.69 Å². The first-order valence-corrected chi connectivity index (χ1v) is 6.15. The van der Waals surface area contributed by atoms with Crippen LogP contribution < -0.4 is 0 Å². The SMILES string of the molecule is OC(/C=C/c1ccc2ccccc2n1)=C1C=CC=C1. The largest absolute Gasteiger partial charge is 0.507 e. The van der Waals surface area contributed by atoms with Crippen LogP contribution in [-0.2, 0) is 0 Å². The first-order chi connectivity index (χ1) is 9.33. The average Bonchev–Trinajstić information content (AvgIpc) is 2.99. The molecule has 0 fully saturated rings. The van der Waals surface area contributed by atoms with Gasteiger partial charge in [0.25, 0.3) is 0 Å². The van der Waals surface area contributed by atoms with Crippen LogP contribution in [-0.4, -0.2) is 10.1 Å². The van der Waals surface area contributed by atoms with Gasteiger partial charge in [-0.2, -0.15) is 0 Å². The van der Waals surface area contributed by atoms with Crippen molar-refractivity contribution in [2.24, 2.45) is 0 Å². The van der Waals surface area contributed by atoms with Gasteiger partial charge in [0.05, 0.1) is 11.2 Å². The topological polar surface area (TPSA) is 33.1 Å². The summed E-state index contributed by atoms with van der Waals surface area (Å²) in [6.07, 6.45) is 11.0. The predicted octanol–water partition coefficient (Wildman–Crippen LogP) is 4.19. The highest BCUT2D eigenvalue weighted by molar-refractivity contribution is 5.79. The van der Waals surface area contributed by atoms with Gasteiger partial charge in [-0.05, 0) is 24.3 Å². The molecule has 0 saturated heterocycles.